The molecule has 1 aromatic carbocycles. The molecular weight excluding hydrogens is 214 g/mol. The summed E-state index contributed by atoms with van der Waals surface area (Å²) in [5, 5.41) is 16.7. The van der Waals surface area contributed by atoms with Crippen molar-refractivity contribution in [2.24, 2.45) is 0 Å². The number of hydrogen-bond acceptors (Lipinski definition) is 3. The SMILES string of the molecule is CC(CCn1cc(CO)nn1)c1ccccc1. The van der Waals surface area contributed by atoms with E-state index < -0.39 is 0 Å². The number of rotatable bonds is 5. The summed E-state index contributed by atoms with van der Waals surface area (Å²) in [7, 11) is 0. The van der Waals surface area contributed by atoms with Crippen molar-refractivity contribution in [3.63, 3.8) is 0 Å². The average molecular weight is 231 g/mol. The fourth-order valence-electron chi connectivity index (χ4n) is 1.79. The molecule has 4 nitrogen and oxygen atoms in total. The largest absolute Gasteiger partial charge is 0.390 e. The highest BCUT2D eigenvalue weighted by Crippen LogP contribution is 2.18. The third-order valence-corrected chi connectivity index (χ3v) is 2.91. The van der Waals surface area contributed by atoms with Crippen LogP contribution in [0.1, 0.15) is 30.5 Å². The van der Waals surface area contributed by atoms with Crippen LogP contribution in [0.25, 0.3) is 0 Å². The smallest absolute Gasteiger partial charge is 0.108 e. The zero-order valence-corrected chi connectivity index (χ0v) is 9.95. The van der Waals surface area contributed by atoms with E-state index in [9.17, 15) is 0 Å². The molecule has 1 N–H and O–H groups in total. The number of aryl methyl sites for hydroxylation is 1. The molecule has 0 fully saturated rings. The molecule has 0 saturated carbocycles. The van der Waals surface area contributed by atoms with Crippen molar-refractivity contribution in [3.05, 3.63) is 47.8 Å². The van der Waals surface area contributed by atoms with Crippen molar-refractivity contribution in [1.82, 2.24) is 15.0 Å². The van der Waals surface area contributed by atoms with Crippen molar-refractivity contribution in [3.8, 4) is 0 Å². The molecule has 0 aliphatic rings. The third-order valence-electron chi connectivity index (χ3n) is 2.91. The topological polar surface area (TPSA) is 50.9 Å². The lowest BCUT2D eigenvalue weighted by Crippen LogP contribution is -2.03. The van der Waals surface area contributed by atoms with Crippen LogP contribution in [0.4, 0.5) is 0 Å². The van der Waals surface area contributed by atoms with E-state index in [0.29, 0.717) is 11.6 Å². The average Bonchev–Trinajstić information content (AvgIpc) is 2.85. The van der Waals surface area contributed by atoms with Gasteiger partial charge in [0.15, 0.2) is 0 Å². The zero-order valence-electron chi connectivity index (χ0n) is 9.95. The molecule has 2 rings (SSSR count). The van der Waals surface area contributed by atoms with E-state index in [4.69, 9.17) is 5.11 Å². The number of nitrogens with zero attached hydrogens (tertiary/aromatic N) is 3. The maximum Gasteiger partial charge on any atom is 0.108 e. The van der Waals surface area contributed by atoms with Gasteiger partial charge in [-0.3, -0.25) is 4.68 Å². The monoisotopic (exact) mass is 231 g/mol. The van der Waals surface area contributed by atoms with E-state index in [0.717, 1.165) is 13.0 Å². The molecule has 1 unspecified atom stereocenters. The van der Waals surface area contributed by atoms with Gasteiger partial charge in [-0.15, -0.1) is 5.10 Å². The minimum atomic E-state index is -0.0474. The molecule has 1 aromatic heterocycles. The van der Waals surface area contributed by atoms with Gasteiger partial charge < -0.3 is 5.11 Å². The Morgan fingerprint density at radius 1 is 1.29 bits per heavy atom. The molecule has 0 bridgehead atoms. The number of benzene rings is 1. The van der Waals surface area contributed by atoms with Crippen LogP contribution in [0.3, 0.4) is 0 Å². The van der Waals surface area contributed by atoms with Crippen LogP contribution in [0, 0.1) is 0 Å². The van der Waals surface area contributed by atoms with Gasteiger partial charge in [0.2, 0.25) is 0 Å². The Hall–Kier alpha value is -1.68. The first-order valence-corrected chi connectivity index (χ1v) is 5.84. The summed E-state index contributed by atoms with van der Waals surface area (Å²) >= 11 is 0. The molecule has 1 atom stereocenters. The fraction of sp³-hybridized carbons (Fsp3) is 0.385. The summed E-state index contributed by atoms with van der Waals surface area (Å²) < 4.78 is 1.78. The van der Waals surface area contributed by atoms with E-state index >= 15 is 0 Å². The first-order valence-electron chi connectivity index (χ1n) is 5.84. The Labute approximate surface area is 101 Å². The van der Waals surface area contributed by atoms with Gasteiger partial charge in [-0.1, -0.05) is 42.5 Å². The first-order chi connectivity index (χ1) is 8.29. The number of aromatic nitrogens is 3. The van der Waals surface area contributed by atoms with Crippen LogP contribution in [-0.4, -0.2) is 20.1 Å². The van der Waals surface area contributed by atoms with Crippen LogP contribution >= 0.6 is 0 Å². The van der Waals surface area contributed by atoms with E-state index in [1.165, 1.54) is 5.56 Å². The van der Waals surface area contributed by atoms with Gasteiger partial charge in [-0.2, -0.15) is 0 Å². The van der Waals surface area contributed by atoms with E-state index in [1.54, 1.807) is 10.9 Å². The van der Waals surface area contributed by atoms with Crippen LogP contribution in [-0.2, 0) is 13.2 Å². The quantitative estimate of drug-likeness (QED) is 0.855. The van der Waals surface area contributed by atoms with Gasteiger partial charge in [0.1, 0.15) is 5.69 Å². The number of hydrogen-bond donors (Lipinski definition) is 1. The molecule has 0 spiro atoms. The fourth-order valence-corrected chi connectivity index (χ4v) is 1.79. The second kappa shape index (κ2) is 5.59. The highest BCUT2D eigenvalue weighted by Gasteiger charge is 2.06. The van der Waals surface area contributed by atoms with Gasteiger partial charge in [0.05, 0.1) is 12.8 Å². The zero-order chi connectivity index (χ0) is 12.1. The predicted octanol–water partition coefficient (Wildman–Crippen LogP) is 1.96. The van der Waals surface area contributed by atoms with Crippen molar-refractivity contribution in [1.29, 1.82) is 0 Å². The molecule has 90 valence electrons. The van der Waals surface area contributed by atoms with E-state index in [2.05, 4.69) is 41.5 Å². The summed E-state index contributed by atoms with van der Waals surface area (Å²) in [6.07, 6.45) is 2.80. The molecule has 0 radical (unpaired) electrons. The Bertz CT molecular complexity index is 453. The summed E-state index contributed by atoms with van der Waals surface area (Å²) in [6.45, 7) is 2.98. The summed E-state index contributed by atoms with van der Waals surface area (Å²) in [6, 6.07) is 10.4. The maximum atomic E-state index is 8.89. The van der Waals surface area contributed by atoms with Gasteiger partial charge in [-0.05, 0) is 17.9 Å². The molecule has 2 aromatic rings. The normalized spacial score (nSPS) is 12.6. The Morgan fingerprint density at radius 2 is 2.06 bits per heavy atom. The molecule has 0 saturated heterocycles. The summed E-state index contributed by atoms with van der Waals surface area (Å²) in [4.78, 5) is 0. The van der Waals surface area contributed by atoms with Crippen molar-refractivity contribution in [2.75, 3.05) is 0 Å². The maximum absolute atomic E-state index is 8.89. The second-order valence-electron chi connectivity index (χ2n) is 4.23. The minimum absolute atomic E-state index is 0.0474. The predicted molar refractivity (Wildman–Crippen MR) is 65.4 cm³/mol. The number of aliphatic hydroxyl groups excluding tert-OH is 1. The van der Waals surface area contributed by atoms with Gasteiger partial charge in [0.25, 0.3) is 0 Å². The molecule has 4 heteroatoms. The molecule has 0 amide bonds. The highest BCUT2D eigenvalue weighted by atomic mass is 16.3. The molecule has 1 heterocycles. The van der Waals surface area contributed by atoms with E-state index in [-0.39, 0.29) is 6.61 Å². The molecular formula is C13H17N3O. The lowest BCUT2D eigenvalue weighted by molar-refractivity contribution is 0.276. The molecule has 17 heavy (non-hydrogen) atoms. The lowest BCUT2D eigenvalue weighted by Gasteiger charge is -2.11. The number of aliphatic hydroxyl groups is 1. The lowest BCUT2D eigenvalue weighted by atomic mass is 9.98. The molecule has 0 aliphatic heterocycles. The first kappa shape index (κ1) is 11.8. The second-order valence-corrected chi connectivity index (χ2v) is 4.23. The van der Waals surface area contributed by atoms with Crippen molar-refractivity contribution in [2.45, 2.75) is 32.4 Å². The van der Waals surface area contributed by atoms with E-state index in [1.807, 2.05) is 6.07 Å². The Kier molecular flexibility index (Phi) is 3.88. The van der Waals surface area contributed by atoms with Crippen molar-refractivity contribution >= 4 is 0 Å². The van der Waals surface area contributed by atoms with Crippen LogP contribution in [0.5, 0.6) is 0 Å². The van der Waals surface area contributed by atoms with Gasteiger partial charge in [0, 0.05) is 6.54 Å². The van der Waals surface area contributed by atoms with Crippen LogP contribution in [0.15, 0.2) is 36.5 Å². The van der Waals surface area contributed by atoms with Crippen molar-refractivity contribution < 1.29 is 5.11 Å². The van der Waals surface area contributed by atoms with Crippen LogP contribution in [0.2, 0.25) is 0 Å². The summed E-state index contributed by atoms with van der Waals surface area (Å²) in [5.41, 5.74) is 1.97. The third kappa shape index (κ3) is 3.14. The van der Waals surface area contributed by atoms with Gasteiger partial charge in [-0.25, -0.2) is 0 Å². The highest BCUT2D eigenvalue weighted by molar-refractivity contribution is 5.18. The van der Waals surface area contributed by atoms with Crippen LogP contribution < -0.4 is 0 Å². The Balaban J connectivity index is 1.90. The molecule has 0 aliphatic carbocycles. The minimum Gasteiger partial charge on any atom is -0.390 e. The summed E-state index contributed by atoms with van der Waals surface area (Å²) in [5.74, 6) is 0.498. The standard InChI is InChI=1S/C13H17N3O/c1-11(12-5-3-2-4-6-12)7-8-16-9-13(10-17)14-15-16/h2-6,9,11,17H,7-8,10H2,1H3. The van der Waals surface area contributed by atoms with Gasteiger partial charge >= 0.3 is 0 Å². The Morgan fingerprint density at radius 3 is 2.71 bits per heavy atom.